The number of hydrogen-bond donors (Lipinski definition) is 0. The van der Waals surface area contributed by atoms with E-state index < -0.39 is 4.92 Å². The fourth-order valence-corrected chi connectivity index (χ4v) is 4.99. The Kier molecular flexibility index (Phi) is 10.9. The van der Waals surface area contributed by atoms with Gasteiger partial charge in [-0.2, -0.15) is 9.85 Å². The maximum absolute atomic E-state index is 14.4. The second kappa shape index (κ2) is 12.9. The average molecular weight is 421 g/mol. The molecule has 0 saturated heterocycles. The lowest BCUT2D eigenvalue weighted by atomic mass is 9.89. The van der Waals surface area contributed by atoms with Crippen molar-refractivity contribution in [2.45, 2.75) is 130 Å². The van der Waals surface area contributed by atoms with Crippen LogP contribution in [0.2, 0.25) is 0 Å². The molecule has 0 aromatic carbocycles. The van der Waals surface area contributed by atoms with Gasteiger partial charge in [-0.3, -0.25) is 0 Å². The SMILES string of the molecule is CCCCC(C)(C)N1C=CC=C(C2CCCCCCCCCCC2)[N+]1([O-])OCCC. The first-order valence-corrected chi connectivity index (χ1v) is 12.9. The van der Waals surface area contributed by atoms with Gasteiger partial charge in [0, 0.05) is 12.0 Å². The van der Waals surface area contributed by atoms with E-state index in [0.717, 1.165) is 44.2 Å². The first kappa shape index (κ1) is 25.4. The zero-order valence-corrected chi connectivity index (χ0v) is 20.3. The predicted molar refractivity (Wildman–Crippen MR) is 127 cm³/mol. The molecule has 1 saturated carbocycles. The Balaban J connectivity index is 2.26. The number of unbranched alkanes of at least 4 members (excludes halogenated alkanes) is 1. The van der Waals surface area contributed by atoms with Crippen LogP contribution in [0, 0.1) is 11.1 Å². The highest BCUT2D eigenvalue weighted by Crippen LogP contribution is 2.41. The quantitative estimate of drug-likeness (QED) is 0.293. The summed E-state index contributed by atoms with van der Waals surface area (Å²) in [5.41, 5.74) is 0.681. The van der Waals surface area contributed by atoms with Gasteiger partial charge < -0.3 is 5.21 Å². The van der Waals surface area contributed by atoms with Crippen LogP contribution in [0.5, 0.6) is 0 Å². The Labute approximate surface area is 186 Å². The van der Waals surface area contributed by atoms with Crippen molar-refractivity contribution in [3.63, 3.8) is 0 Å². The normalized spacial score (nSPS) is 25.5. The molecule has 2 aliphatic rings. The van der Waals surface area contributed by atoms with Crippen molar-refractivity contribution >= 4 is 0 Å². The number of allylic oxidation sites excluding steroid dienone is 3. The zero-order chi connectivity index (χ0) is 21.9. The van der Waals surface area contributed by atoms with Gasteiger partial charge in [-0.25, -0.2) is 0 Å². The minimum Gasteiger partial charge on any atom is -0.567 e. The van der Waals surface area contributed by atoms with Crippen LogP contribution in [0.25, 0.3) is 0 Å². The van der Waals surface area contributed by atoms with Crippen molar-refractivity contribution in [3.8, 4) is 0 Å². The topological polar surface area (TPSA) is 35.5 Å². The molecule has 174 valence electrons. The molecule has 1 unspecified atom stereocenters. The summed E-state index contributed by atoms with van der Waals surface area (Å²) in [6, 6.07) is 0. The lowest BCUT2D eigenvalue weighted by Crippen LogP contribution is -2.62. The van der Waals surface area contributed by atoms with Crippen LogP contribution in [-0.4, -0.2) is 22.1 Å². The molecule has 30 heavy (non-hydrogen) atoms. The summed E-state index contributed by atoms with van der Waals surface area (Å²) >= 11 is 0. The molecule has 4 heteroatoms. The third-order valence-electron chi connectivity index (χ3n) is 6.86. The molecular formula is C26H48N2O2. The molecule has 1 fully saturated rings. The van der Waals surface area contributed by atoms with Gasteiger partial charge in [0.2, 0.25) is 0 Å². The summed E-state index contributed by atoms with van der Waals surface area (Å²) < 4.78 is 0. The van der Waals surface area contributed by atoms with Crippen LogP contribution in [0.3, 0.4) is 0 Å². The highest BCUT2D eigenvalue weighted by molar-refractivity contribution is 5.14. The zero-order valence-electron chi connectivity index (χ0n) is 20.3. The average Bonchev–Trinajstić information content (AvgIpc) is 2.71. The molecular weight excluding hydrogens is 372 g/mol. The van der Waals surface area contributed by atoms with Crippen LogP contribution < -0.4 is 0 Å². The van der Waals surface area contributed by atoms with Gasteiger partial charge in [0.1, 0.15) is 6.61 Å². The third-order valence-corrected chi connectivity index (χ3v) is 6.86. The molecule has 0 radical (unpaired) electrons. The number of hydrogen-bond acceptors (Lipinski definition) is 3. The summed E-state index contributed by atoms with van der Waals surface area (Å²) in [6.45, 7) is 9.17. The van der Waals surface area contributed by atoms with Crippen molar-refractivity contribution in [1.29, 1.82) is 0 Å². The summed E-state index contributed by atoms with van der Waals surface area (Å²) in [7, 11) is 0. The second-order valence-electron chi connectivity index (χ2n) is 10.0. The molecule has 0 aromatic rings. The maximum atomic E-state index is 14.4. The number of quaternary nitrogens is 1. The smallest absolute Gasteiger partial charge is 0.171 e. The van der Waals surface area contributed by atoms with Crippen molar-refractivity contribution in [3.05, 3.63) is 29.3 Å². The van der Waals surface area contributed by atoms with Crippen LogP contribution in [0.1, 0.15) is 124 Å². The second-order valence-corrected chi connectivity index (χ2v) is 10.0. The van der Waals surface area contributed by atoms with E-state index in [4.69, 9.17) is 4.84 Å². The molecule has 0 aromatic heterocycles. The van der Waals surface area contributed by atoms with Crippen LogP contribution in [-0.2, 0) is 4.84 Å². The van der Waals surface area contributed by atoms with Crippen LogP contribution in [0.4, 0.5) is 0 Å². The molecule has 1 heterocycles. The summed E-state index contributed by atoms with van der Waals surface area (Å²) in [5, 5.41) is 16.4. The maximum Gasteiger partial charge on any atom is 0.171 e. The minimum atomic E-state index is -0.730. The molecule has 4 nitrogen and oxygen atoms in total. The van der Waals surface area contributed by atoms with Gasteiger partial charge in [0.05, 0.1) is 11.7 Å². The van der Waals surface area contributed by atoms with E-state index in [1.165, 1.54) is 57.8 Å². The van der Waals surface area contributed by atoms with E-state index in [1.54, 1.807) is 0 Å². The van der Waals surface area contributed by atoms with E-state index >= 15 is 0 Å². The fourth-order valence-electron chi connectivity index (χ4n) is 4.99. The van der Waals surface area contributed by atoms with Crippen molar-refractivity contribution in [2.75, 3.05) is 6.61 Å². The molecule has 0 N–H and O–H groups in total. The van der Waals surface area contributed by atoms with E-state index in [1.807, 2.05) is 11.2 Å². The highest BCUT2D eigenvalue weighted by Gasteiger charge is 2.45. The molecule has 1 aliphatic carbocycles. The summed E-state index contributed by atoms with van der Waals surface area (Å²) in [5.74, 6) is 0.313. The Morgan fingerprint density at radius 1 is 0.967 bits per heavy atom. The molecule has 0 spiro atoms. The van der Waals surface area contributed by atoms with E-state index in [0.29, 0.717) is 12.5 Å². The molecule has 0 amide bonds. The van der Waals surface area contributed by atoms with Crippen molar-refractivity contribution in [2.24, 2.45) is 5.92 Å². The highest BCUT2D eigenvalue weighted by atomic mass is 17.0. The lowest BCUT2D eigenvalue weighted by molar-refractivity contribution is -1.13. The molecule has 1 atom stereocenters. The van der Waals surface area contributed by atoms with Crippen LogP contribution in [0.15, 0.2) is 24.0 Å². The Bertz CT molecular complexity index is 531. The number of hydroxylamine groups is 2. The lowest BCUT2D eigenvalue weighted by Gasteiger charge is -2.54. The number of nitrogens with zero attached hydrogens (tertiary/aromatic N) is 2. The van der Waals surface area contributed by atoms with E-state index in [-0.39, 0.29) is 5.54 Å². The molecule has 0 bridgehead atoms. The van der Waals surface area contributed by atoms with E-state index in [9.17, 15) is 5.21 Å². The number of rotatable bonds is 8. The van der Waals surface area contributed by atoms with Crippen LogP contribution >= 0.6 is 0 Å². The predicted octanol–water partition coefficient (Wildman–Crippen LogP) is 8.16. The van der Waals surface area contributed by atoms with Gasteiger partial charge >= 0.3 is 0 Å². The molecule has 2 rings (SSSR count). The van der Waals surface area contributed by atoms with Gasteiger partial charge in [-0.15, -0.1) is 0 Å². The van der Waals surface area contributed by atoms with Crippen molar-refractivity contribution < 1.29 is 9.76 Å². The van der Waals surface area contributed by atoms with Crippen molar-refractivity contribution in [1.82, 2.24) is 5.01 Å². The minimum absolute atomic E-state index is 0.243. The first-order valence-electron chi connectivity index (χ1n) is 12.9. The fraction of sp³-hybridized carbons (Fsp3) is 0.846. The summed E-state index contributed by atoms with van der Waals surface area (Å²) in [4.78, 5) is 5.39. The van der Waals surface area contributed by atoms with Gasteiger partial charge in [0.25, 0.3) is 0 Å². The largest absolute Gasteiger partial charge is 0.567 e. The Morgan fingerprint density at radius 3 is 2.07 bits per heavy atom. The molecule has 1 aliphatic heterocycles. The first-order chi connectivity index (χ1) is 14.5. The summed E-state index contributed by atoms with van der Waals surface area (Å²) in [6.07, 6.45) is 24.3. The Morgan fingerprint density at radius 2 is 1.53 bits per heavy atom. The van der Waals surface area contributed by atoms with Gasteiger partial charge in [-0.05, 0) is 45.6 Å². The monoisotopic (exact) mass is 420 g/mol. The Hall–Kier alpha value is -0.840. The standard InChI is InChI=1S/C26H48N2O2/c1-5-7-21-26(3,4)27-22-17-20-25(28(27,29)30-23-6-2)24-18-15-13-11-9-8-10-12-14-16-19-24/h17,20,22,24H,5-16,18-19,21,23H2,1-4H3. The van der Waals surface area contributed by atoms with Gasteiger partial charge in [0.15, 0.2) is 5.70 Å². The third kappa shape index (κ3) is 7.10. The van der Waals surface area contributed by atoms with E-state index in [2.05, 4.69) is 39.8 Å². The van der Waals surface area contributed by atoms with Gasteiger partial charge in [-0.1, -0.05) is 89.4 Å².